The second-order valence-corrected chi connectivity index (χ2v) is 3.19. The summed E-state index contributed by atoms with van der Waals surface area (Å²) in [4.78, 5) is 10.5. The van der Waals surface area contributed by atoms with Crippen molar-refractivity contribution in [1.29, 1.82) is 0 Å². The highest BCUT2D eigenvalue weighted by Crippen LogP contribution is 2.06. The predicted molar refractivity (Wildman–Crippen MR) is 45.1 cm³/mol. The molecule has 0 radical (unpaired) electrons. The topological polar surface area (TPSA) is 35.5 Å². The van der Waals surface area contributed by atoms with Crippen molar-refractivity contribution in [2.24, 2.45) is 0 Å². The van der Waals surface area contributed by atoms with E-state index in [0.29, 0.717) is 12.5 Å². The number of hydrogen-bond acceptors (Lipinski definition) is 3. The van der Waals surface area contributed by atoms with Crippen molar-refractivity contribution >= 4 is 5.78 Å². The first-order valence-corrected chi connectivity index (χ1v) is 4.48. The lowest BCUT2D eigenvalue weighted by Crippen LogP contribution is -2.36. The van der Waals surface area contributed by atoms with Crippen LogP contribution >= 0.6 is 0 Å². The molecule has 0 N–H and O–H groups in total. The molecular weight excluding hydrogens is 156 g/mol. The van der Waals surface area contributed by atoms with Crippen LogP contribution in [0, 0.1) is 0 Å². The maximum absolute atomic E-state index is 10.5. The van der Waals surface area contributed by atoms with Gasteiger partial charge in [-0.15, -0.1) is 0 Å². The standard InChI is InChI=1S/C9H16O3/c1-8(10)4-2-3-5-12-9-6-11-7-9/h9H,2-7H2,1H3. The third-order valence-corrected chi connectivity index (χ3v) is 1.88. The van der Waals surface area contributed by atoms with Gasteiger partial charge in [0.25, 0.3) is 0 Å². The monoisotopic (exact) mass is 172 g/mol. The van der Waals surface area contributed by atoms with Crippen LogP contribution in [0.15, 0.2) is 0 Å². The minimum Gasteiger partial charge on any atom is -0.376 e. The summed E-state index contributed by atoms with van der Waals surface area (Å²) < 4.78 is 10.4. The molecular formula is C9H16O3. The smallest absolute Gasteiger partial charge is 0.129 e. The number of hydrogen-bond donors (Lipinski definition) is 0. The summed E-state index contributed by atoms with van der Waals surface area (Å²) in [5.41, 5.74) is 0. The van der Waals surface area contributed by atoms with Crippen LogP contribution in [0.4, 0.5) is 0 Å². The second-order valence-electron chi connectivity index (χ2n) is 3.19. The van der Waals surface area contributed by atoms with Crippen LogP contribution in [-0.2, 0) is 14.3 Å². The number of ketones is 1. The summed E-state index contributed by atoms with van der Waals surface area (Å²) in [6.07, 6.45) is 2.94. The third-order valence-electron chi connectivity index (χ3n) is 1.88. The van der Waals surface area contributed by atoms with Crippen molar-refractivity contribution in [1.82, 2.24) is 0 Å². The Balaban J connectivity index is 1.79. The summed E-state index contributed by atoms with van der Waals surface area (Å²) in [5, 5.41) is 0. The first kappa shape index (κ1) is 9.68. The van der Waals surface area contributed by atoms with Gasteiger partial charge in [-0.05, 0) is 19.8 Å². The number of rotatable bonds is 6. The quantitative estimate of drug-likeness (QED) is 0.564. The van der Waals surface area contributed by atoms with Crippen molar-refractivity contribution in [2.75, 3.05) is 19.8 Å². The van der Waals surface area contributed by atoms with Crippen molar-refractivity contribution in [3.05, 3.63) is 0 Å². The van der Waals surface area contributed by atoms with Gasteiger partial charge in [0.2, 0.25) is 0 Å². The van der Waals surface area contributed by atoms with Gasteiger partial charge in [0.15, 0.2) is 0 Å². The van der Waals surface area contributed by atoms with Crippen LogP contribution in [0.3, 0.4) is 0 Å². The van der Waals surface area contributed by atoms with E-state index < -0.39 is 0 Å². The number of ether oxygens (including phenoxy) is 2. The molecule has 3 heteroatoms. The van der Waals surface area contributed by atoms with Crippen LogP contribution in [-0.4, -0.2) is 31.7 Å². The van der Waals surface area contributed by atoms with Gasteiger partial charge in [0, 0.05) is 13.0 Å². The van der Waals surface area contributed by atoms with Crippen LogP contribution < -0.4 is 0 Å². The third kappa shape index (κ3) is 3.83. The zero-order chi connectivity index (χ0) is 8.81. The average molecular weight is 172 g/mol. The minimum atomic E-state index is 0.266. The van der Waals surface area contributed by atoms with Crippen molar-refractivity contribution < 1.29 is 14.3 Å². The van der Waals surface area contributed by atoms with Gasteiger partial charge in [-0.1, -0.05) is 0 Å². The fourth-order valence-corrected chi connectivity index (χ4v) is 1.04. The Hall–Kier alpha value is -0.410. The van der Waals surface area contributed by atoms with E-state index in [-0.39, 0.29) is 5.78 Å². The van der Waals surface area contributed by atoms with Gasteiger partial charge in [-0.2, -0.15) is 0 Å². The molecule has 0 spiro atoms. The Labute approximate surface area is 73.0 Å². The summed E-state index contributed by atoms with van der Waals surface area (Å²) >= 11 is 0. The summed E-state index contributed by atoms with van der Waals surface area (Å²) in [6, 6.07) is 0. The van der Waals surface area contributed by atoms with Crippen LogP contribution in [0.1, 0.15) is 26.2 Å². The molecule has 0 aliphatic carbocycles. The fourth-order valence-electron chi connectivity index (χ4n) is 1.04. The van der Waals surface area contributed by atoms with E-state index in [1.54, 1.807) is 6.92 Å². The molecule has 0 saturated carbocycles. The summed E-state index contributed by atoms with van der Waals surface area (Å²) in [6.45, 7) is 3.88. The maximum atomic E-state index is 10.5. The zero-order valence-corrected chi connectivity index (χ0v) is 7.54. The van der Waals surface area contributed by atoms with Gasteiger partial charge >= 0.3 is 0 Å². The zero-order valence-electron chi connectivity index (χ0n) is 7.54. The Morgan fingerprint density at radius 1 is 1.50 bits per heavy atom. The lowest BCUT2D eigenvalue weighted by Gasteiger charge is -2.25. The van der Waals surface area contributed by atoms with E-state index in [2.05, 4.69) is 0 Å². The molecule has 1 aliphatic rings. The Kier molecular flexibility index (Phi) is 4.25. The molecule has 70 valence electrons. The van der Waals surface area contributed by atoms with Gasteiger partial charge in [-0.3, -0.25) is 0 Å². The molecule has 0 unspecified atom stereocenters. The Morgan fingerprint density at radius 3 is 2.75 bits per heavy atom. The SMILES string of the molecule is CC(=O)CCCCOC1COC1. The number of unbranched alkanes of at least 4 members (excludes halogenated alkanes) is 1. The first-order chi connectivity index (χ1) is 5.79. The van der Waals surface area contributed by atoms with E-state index >= 15 is 0 Å². The van der Waals surface area contributed by atoms with Crippen molar-refractivity contribution in [3.8, 4) is 0 Å². The maximum Gasteiger partial charge on any atom is 0.129 e. The van der Waals surface area contributed by atoms with Crippen LogP contribution in [0.5, 0.6) is 0 Å². The van der Waals surface area contributed by atoms with Crippen molar-refractivity contribution in [3.63, 3.8) is 0 Å². The number of carbonyl (C=O) groups is 1. The Bertz CT molecular complexity index is 141. The molecule has 1 saturated heterocycles. The molecule has 0 aromatic carbocycles. The highest BCUT2D eigenvalue weighted by Gasteiger charge is 2.17. The van der Waals surface area contributed by atoms with Crippen LogP contribution in [0.25, 0.3) is 0 Å². The molecule has 1 rings (SSSR count). The van der Waals surface area contributed by atoms with Gasteiger partial charge in [-0.25, -0.2) is 0 Å². The van der Waals surface area contributed by atoms with Gasteiger partial charge in [0.05, 0.1) is 13.2 Å². The molecule has 1 fully saturated rings. The lowest BCUT2D eigenvalue weighted by atomic mass is 10.2. The molecule has 0 atom stereocenters. The molecule has 0 aromatic heterocycles. The average Bonchev–Trinajstić information content (AvgIpc) is 1.92. The van der Waals surface area contributed by atoms with Crippen LogP contribution in [0.2, 0.25) is 0 Å². The van der Waals surface area contributed by atoms with E-state index in [1.165, 1.54) is 0 Å². The highest BCUT2D eigenvalue weighted by molar-refractivity contribution is 5.75. The molecule has 1 heterocycles. The molecule has 1 aliphatic heterocycles. The number of Topliss-reactive ketones (excluding diaryl/α,β-unsaturated/α-hetero) is 1. The van der Waals surface area contributed by atoms with Gasteiger partial charge in [0.1, 0.15) is 11.9 Å². The Morgan fingerprint density at radius 2 is 2.25 bits per heavy atom. The molecule has 0 amide bonds. The van der Waals surface area contributed by atoms with E-state index in [4.69, 9.17) is 9.47 Å². The predicted octanol–water partition coefficient (Wildman–Crippen LogP) is 1.16. The fraction of sp³-hybridized carbons (Fsp3) is 0.889. The summed E-state index contributed by atoms with van der Waals surface area (Å²) in [5.74, 6) is 0.266. The van der Waals surface area contributed by atoms with E-state index in [9.17, 15) is 4.79 Å². The molecule has 0 aromatic rings. The largest absolute Gasteiger partial charge is 0.376 e. The van der Waals surface area contributed by atoms with E-state index in [0.717, 1.165) is 32.7 Å². The lowest BCUT2D eigenvalue weighted by molar-refractivity contribution is -0.130. The first-order valence-electron chi connectivity index (χ1n) is 4.48. The minimum absolute atomic E-state index is 0.266. The molecule has 12 heavy (non-hydrogen) atoms. The van der Waals surface area contributed by atoms with Gasteiger partial charge < -0.3 is 14.3 Å². The highest BCUT2D eigenvalue weighted by atomic mass is 16.6. The normalized spacial score (nSPS) is 17.4. The summed E-state index contributed by atoms with van der Waals surface area (Å²) in [7, 11) is 0. The number of carbonyl (C=O) groups excluding carboxylic acids is 1. The second kappa shape index (κ2) is 5.27. The van der Waals surface area contributed by atoms with E-state index in [1.807, 2.05) is 0 Å². The molecule has 0 bridgehead atoms. The molecule has 3 nitrogen and oxygen atoms in total. The van der Waals surface area contributed by atoms with Crippen molar-refractivity contribution in [2.45, 2.75) is 32.3 Å².